The number of hydrogen-bond acceptors (Lipinski definition) is 4. The Morgan fingerprint density at radius 2 is 1.78 bits per heavy atom. The van der Waals surface area contributed by atoms with Gasteiger partial charge in [0.1, 0.15) is 0 Å². The largest absolute Gasteiger partial charge is 0.478 e. The first kappa shape index (κ1) is 21.4. The summed E-state index contributed by atoms with van der Waals surface area (Å²) in [5.74, 6) is -2.51. The lowest BCUT2D eigenvalue weighted by Gasteiger charge is -2.34. The van der Waals surface area contributed by atoms with Gasteiger partial charge in [-0.05, 0) is 43.5 Å². The van der Waals surface area contributed by atoms with E-state index in [1.54, 1.807) is 0 Å². The second-order valence-electron chi connectivity index (χ2n) is 6.90. The molecule has 7 heteroatoms. The van der Waals surface area contributed by atoms with Crippen LogP contribution in [0.3, 0.4) is 0 Å². The molecule has 1 atom stereocenters. The van der Waals surface area contributed by atoms with Gasteiger partial charge >= 0.3 is 11.9 Å². The number of aliphatic carboxylic acids is 2. The summed E-state index contributed by atoms with van der Waals surface area (Å²) < 4.78 is 0. The Labute approximate surface area is 164 Å². The van der Waals surface area contributed by atoms with Crippen LogP contribution in [0, 0.1) is 0 Å². The molecule has 1 aromatic rings. The molecule has 0 unspecified atom stereocenters. The van der Waals surface area contributed by atoms with E-state index < -0.39 is 11.9 Å². The number of nitrogens with one attached hydrogen (secondary N) is 1. The molecule has 0 amide bonds. The van der Waals surface area contributed by atoms with Crippen LogP contribution in [0.2, 0.25) is 5.02 Å². The van der Waals surface area contributed by atoms with Crippen LogP contribution < -0.4 is 5.32 Å². The molecule has 27 heavy (non-hydrogen) atoms. The molecule has 3 N–H and O–H groups in total. The molecule has 1 saturated heterocycles. The van der Waals surface area contributed by atoms with Crippen molar-refractivity contribution < 1.29 is 19.8 Å². The van der Waals surface area contributed by atoms with Gasteiger partial charge in [-0.2, -0.15) is 0 Å². The first-order valence-electron chi connectivity index (χ1n) is 9.30. The first-order valence-corrected chi connectivity index (χ1v) is 9.68. The van der Waals surface area contributed by atoms with Crippen LogP contribution in [-0.2, 0) is 16.1 Å². The maximum Gasteiger partial charge on any atom is 0.328 e. The van der Waals surface area contributed by atoms with E-state index in [1.165, 1.54) is 44.2 Å². The van der Waals surface area contributed by atoms with E-state index in [-0.39, 0.29) is 0 Å². The SMILES string of the molecule is Clc1cccc(CN(C2CCCC2)[C@H]2CCNC2)c1.O=C(O)/C=C/C(=O)O. The number of benzene rings is 1. The van der Waals surface area contributed by atoms with Gasteiger partial charge in [-0.1, -0.05) is 36.6 Å². The van der Waals surface area contributed by atoms with Crippen LogP contribution in [-0.4, -0.2) is 52.2 Å². The van der Waals surface area contributed by atoms with Gasteiger partial charge in [0.25, 0.3) is 0 Å². The van der Waals surface area contributed by atoms with Crippen LogP contribution in [0.5, 0.6) is 0 Å². The van der Waals surface area contributed by atoms with Crippen molar-refractivity contribution in [3.8, 4) is 0 Å². The zero-order chi connectivity index (χ0) is 19.6. The molecule has 0 aromatic heterocycles. The van der Waals surface area contributed by atoms with E-state index in [2.05, 4.69) is 28.4 Å². The van der Waals surface area contributed by atoms with Crippen molar-refractivity contribution in [3.05, 3.63) is 47.0 Å². The third-order valence-corrected chi connectivity index (χ3v) is 5.15. The van der Waals surface area contributed by atoms with Crippen molar-refractivity contribution in [2.75, 3.05) is 13.1 Å². The molecule has 148 valence electrons. The number of carboxylic acids is 2. The quantitative estimate of drug-likeness (QED) is 0.642. The predicted molar refractivity (Wildman–Crippen MR) is 105 cm³/mol. The molecule has 1 heterocycles. The molecular formula is C20H27ClN2O4. The Kier molecular flexibility index (Phi) is 8.78. The summed E-state index contributed by atoms with van der Waals surface area (Å²) in [6.45, 7) is 3.37. The smallest absolute Gasteiger partial charge is 0.328 e. The molecular weight excluding hydrogens is 368 g/mol. The molecule has 1 saturated carbocycles. The standard InChI is InChI=1S/C16H23ClN2.C4H4O4/c17-14-5-3-4-13(10-14)12-19(15-6-1-2-7-15)16-8-9-18-11-16;5-3(6)1-2-4(7)8/h3-5,10,15-16,18H,1-2,6-9,11-12H2;1-2H,(H,5,6)(H,7,8)/b;2-1+/t16-;/m0./s1. The summed E-state index contributed by atoms with van der Waals surface area (Å²) in [6.07, 6.45) is 7.95. The van der Waals surface area contributed by atoms with Crippen molar-refractivity contribution in [2.24, 2.45) is 0 Å². The molecule has 3 rings (SSSR count). The lowest BCUT2D eigenvalue weighted by Crippen LogP contribution is -2.42. The van der Waals surface area contributed by atoms with Crippen LogP contribution in [0.1, 0.15) is 37.7 Å². The molecule has 1 aromatic carbocycles. The number of rotatable bonds is 6. The van der Waals surface area contributed by atoms with Gasteiger partial charge in [-0.25, -0.2) is 9.59 Å². The third kappa shape index (κ3) is 7.71. The molecule has 1 aliphatic carbocycles. The summed E-state index contributed by atoms with van der Waals surface area (Å²) in [6, 6.07) is 9.84. The number of nitrogens with zero attached hydrogens (tertiary/aromatic N) is 1. The summed E-state index contributed by atoms with van der Waals surface area (Å²) in [5.41, 5.74) is 1.35. The van der Waals surface area contributed by atoms with E-state index in [4.69, 9.17) is 21.8 Å². The fourth-order valence-corrected chi connectivity index (χ4v) is 3.92. The highest BCUT2D eigenvalue weighted by Crippen LogP contribution is 2.28. The molecule has 0 bridgehead atoms. The predicted octanol–water partition coefficient (Wildman–Crippen LogP) is 3.16. The van der Waals surface area contributed by atoms with Crippen molar-refractivity contribution in [1.82, 2.24) is 10.2 Å². The molecule has 0 spiro atoms. The Morgan fingerprint density at radius 3 is 2.30 bits per heavy atom. The molecule has 1 aliphatic heterocycles. The minimum atomic E-state index is -1.26. The number of carboxylic acid groups (broad SMARTS) is 2. The molecule has 6 nitrogen and oxygen atoms in total. The highest BCUT2D eigenvalue weighted by atomic mass is 35.5. The van der Waals surface area contributed by atoms with Gasteiger partial charge in [-0.3, -0.25) is 4.90 Å². The molecule has 2 fully saturated rings. The monoisotopic (exact) mass is 394 g/mol. The van der Waals surface area contributed by atoms with Crippen LogP contribution in [0.25, 0.3) is 0 Å². The summed E-state index contributed by atoms with van der Waals surface area (Å²) in [7, 11) is 0. The van der Waals surface area contributed by atoms with E-state index >= 15 is 0 Å². The van der Waals surface area contributed by atoms with Gasteiger partial charge in [0.15, 0.2) is 0 Å². The lowest BCUT2D eigenvalue weighted by molar-refractivity contribution is -0.134. The molecule has 0 radical (unpaired) electrons. The van der Waals surface area contributed by atoms with E-state index in [0.717, 1.165) is 24.2 Å². The fourth-order valence-electron chi connectivity index (χ4n) is 3.70. The van der Waals surface area contributed by atoms with Crippen LogP contribution >= 0.6 is 11.6 Å². The number of halogens is 1. The highest BCUT2D eigenvalue weighted by molar-refractivity contribution is 6.30. The lowest BCUT2D eigenvalue weighted by atomic mass is 10.1. The van der Waals surface area contributed by atoms with Crippen LogP contribution in [0.4, 0.5) is 0 Å². The summed E-state index contributed by atoms with van der Waals surface area (Å²) >= 11 is 6.12. The summed E-state index contributed by atoms with van der Waals surface area (Å²) in [5, 5.41) is 20.0. The van der Waals surface area contributed by atoms with E-state index in [0.29, 0.717) is 18.2 Å². The highest BCUT2D eigenvalue weighted by Gasteiger charge is 2.30. The second kappa shape index (κ2) is 11.1. The van der Waals surface area contributed by atoms with Gasteiger partial charge in [-0.15, -0.1) is 0 Å². The van der Waals surface area contributed by atoms with Crippen molar-refractivity contribution >= 4 is 23.5 Å². The third-order valence-electron chi connectivity index (χ3n) is 4.92. The van der Waals surface area contributed by atoms with Gasteiger partial charge in [0.05, 0.1) is 0 Å². The summed E-state index contributed by atoms with van der Waals surface area (Å²) in [4.78, 5) is 21.8. The average molecular weight is 395 g/mol. The zero-order valence-electron chi connectivity index (χ0n) is 15.3. The Bertz CT molecular complexity index is 621. The first-order chi connectivity index (χ1) is 13.0. The van der Waals surface area contributed by atoms with Crippen molar-refractivity contribution in [2.45, 2.75) is 50.7 Å². The fraction of sp³-hybridized carbons (Fsp3) is 0.500. The number of carbonyl (C=O) groups is 2. The minimum Gasteiger partial charge on any atom is -0.478 e. The zero-order valence-corrected chi connectivity index (χ0v) is 16.1. The maximum atomic E-state index is 9.55. The minimum absolute atomic E-state index is 0.558. The Balaban J connectivity index is 0.000000279. The number of hydrogen-bond donors (Lipinski definition) is 3. The topological polar surface area (TPSA) is 89.9 Å². The maximum absolute atomic E-state index is 9.55. The van der Waals surface area contributed by atoms with Gasteiger partial charge in [0.2, 0.25) is 0 Å². The van der Waals surface area contributed by atoms with Crippen molar-refractivity contribution in [3.63, 3.8) is 0 Å². The van der Waals surface area contributed by atoms with E-state index in [1.807, 2.05) is 6.07 Å². The normalized spacial score (nSPS) is 20.0. The Morgan fingerprint density at radius 1 is 1.11 bits per heavy atom. The Hall–Kier alpha value is -1.89. The van der Waals surface area contributed by atoms with Crippen molar-refractivity contribution in [1.29, 1.82) is 0 Å². The van der Waals surface area contributed by atoms with Gasteiger partial charge in [0, 0.05) is 42.3 Å². The van der Waals surface area contributed by atoms with Gasteiger partial charge < -0.3 is 15.5 Å². The second-order valence-corrected chi connectivity index (χ2v) is 7.33. The average Bonchev–Trinajstić information content (AvgIpc) is 3.32. The van der Waals surface area contributed by atoms with E-state index in [9.17, 15) is 9.59 Å². The molecule has 2 aliphatic rings. The van der Waals surface area contributed by atoms with Crippen LogP contribution in [0.15, 0.2) is 36.4 Å².